The van der Waals surface area contributed by atoms with Gasteiger partial charge in [0, 0.05) is 39.1 Å². The van der Waals surface area contributed by atoms with Gasteiger partial charge in [-0.1, -0.05) is 18.2 Å². The quantitative estimate of drug-likeness (QED) is 0.489. The Labute approximate surface area is 206 Å². The first-order valence-electron chi connectivity index (χ1n) is 12.4. The van der Waals surface area contributed by atoms with Gasteiger partial charge in [-0.15, -0.1) is 0 Å². The number of nitrogens with zero attached hydrogens (tertiary/aromatic N) is 2. The summed E-state index contributed by atoms with van der Waals surface area (Å²) in [4.78, 5) is 15.9. The fraction of sp³-hybridized carbons (Fsp3) is 0.519. The average molecular weight is 487 g/mol. The van der Waals surface area contributed by atoms with Crippen LogP contribution in [0.3, 0.4) is 0 Å². The first-order valence-corrected chi connectivity index (χ1v) is 12.4. The van der Waals surface area contributed by atoms with Crippen LogP contribution in [0.1, 0.15) is 37.7 Å². The number of amides is 1. The number of piperidine rings is 1. The summed E-state index contributed by atoms with van der Waals surface area (Å²) in [5, 5.41) is 10.9. The first kappa shape index (κ1) is 25.3. The van der Waals surface area contributed by atoms with E-state index >= 15 is 0 Å². The zero-order valence-electron chi connectivity index (χ0n) is 20.4. The van der Waals surface area contributed by atoms with Crippen molar-refractivity contribution in [3.8, 4) is 17.2 Å². The second kappa shape index (κ2) is 11.7. The molecule has 0 spiro atoms. The van der Waals surface area contributed by atoms with Crippen LogP contribution in [0.15, 0.2) is 42.5 Å². The van der Waals surface area contributed by atoms with E-state index in [1.807, 2.05) is 23.1 Å². The summed E-state index contributed by atoms with van der Waals surface area (Å²) < 4.78 is 30.8. The molecule has 35 heavy (non-hydrogen) atoms. The summed E-state index contributed by atoms with van der Waals surface area (Å²) in [7, 11) is 1.63. The number of rotatable bonds is 11. The van der Waals surface area contributed by atoms with E-state index in [0.717, 1.165) is 38.0 Å². The van der Waals surface area contributed by atoms with E-state index in [1.54, 1.807) is 25.3 Å². The molecule has 0 bridgehead atoms. The van der Waals surface area contributed by atoms with Crippen molar-refractivity contribution in [2.24, 2.45) is 0 Å². The summed E-state index contributed by atoms with van der Waals surface area (Å²) in [5.41, 5.74) is 0.137. The van der Waals surface area contributed by atoms with Gasteiger partial charge in [0.05, 0.1) is 13.7 Å². The van der Waals surface area contributed by atoms with Crippen LogP contribution in [0.2, 0.25) is 0 Å². The summed E-state index contributed by atoms with van der Waals surface area (Å²) in [6.45, 7) is 4.35. The highest BCUT2D eigenvalue weighted by atomic mass is 19.1. The molecule has 0 aromatic heterocycles. The van der Waals surface area contributed by atoms with E-state index in [2.05, 4.69) is 4.90 Å². The number of aliphatic hydroxyl groups is 1. The van der Waals surface area contributed by atoms with Gasteiger partial charge in [0.15, 0.2) is 23.1 Å². The lowest BCUT2D eigenvalue weighted by molar-refractivity contribution is -0.127. The Balaban J connectivity index is 1.22. The molecule has 0 saturated carbocycles. The molecule has 0 unspecified atom stereocenters. The minimum Gasteiger partial charge on any atom is -0.493 e. The van der Waals surface area contributed by atoms with E-state index in [4.69, 9.17) is 14.2 Å². The first-order chi connectivity index (χ1) is 17.0. The Morgan fingerprint density at radius 2 is 1.83 bits per heavy atom. The number of carbonyl (C=O) groups is 1. The molecule has 2 saturated heterocycles. The predicted molar refractivity (Wildman–Crippen MR) is 130 cm³/mol. The van der Waals surface area contributed by atoms with Crippen molar-refractivity contribution in [1.82, 2.24) is 9.80 Å². The number of methoxy groups -OCH3 is 1. The van der Waals surface area contributed by atoms with Crippen LogP contribution in [0.5, 0.6) is 17.2 Å². The lowest BCUT2D eigenvalue weighted by Gasteiger charge is -2.38. The molecule has 7 nitrogen and oxygen atoms in total. The maximum atomic E-state index is 13.8. The van der Waals surface area contributed by atoms with Gasteiger partial charge in [-0.2, -0.15) is 0 Å². The zero-order valence-corrected chi connectivity index (χ0v) is 20.4. The van der Waals surface area contributed by atoms with Gasteiger partial charge in [0.25, 0.3) is 0 Å². The van der Waals surface area contributed by atoms with Crippen LogP contribution < -0.4 is 14.2 Å². The summed E-state index contributed by atoms with van der Waals surface area (Å²) in [5.74, 6) is 1.37. The number of halogens is 1. The van der Waals surface area contributed by atoms with Crippen molar-refractivity contribution < 1.29 is 28.5 Å². The lowest BCUT2D eigenvalue weighted by atomic mass is 9.92. The smallest absolute Gasteiger partial charge is 0.222 e. The second-order valence-electron chi connectivity index (χ2n) is 9.39. The molecule has 0 atom stereocenters. The highest BCUT2D eigenvalue weighted by Gasteiger charge is 2.33. The number of hydrogen-bond acceptors (Lipinski definition) is 6. The fourth-order valence-electron chi connectivity index (χ4n) is 4.61. The lowest BCUT2D eigenvalue weighted by Crippen LogP contribution is -2.47. The number of hydrogen-bond donors (Lipinski definition) is 1. The molecule has 0 radical (unpaired) electrons. The molecule has 2 aliphatic rings. The van der Waals surface area contributed by atoms with Gasteiger partial charge in [-0.3, -0.25) is 9.69 Å². The van der Waals surface area contributed by atoms with Gasteiger partial charge in [-0.05, 0) is 55.5 Å². The molecular weight excluding hydrogens is 451 g/mol. The van der Waals surface area contributed by atoms with Crippen molar-refractivity contribution in [3.05, 3.63) is 53.8 Å². The molecule has 8 heteroatoms. The Hall–Kier alpha value is -2.84. The standard InChI is InChI=1S/C27H35FN2O5/c1-33-25-18-21(9-10-24(25)34-17-5-14-30-13-4-8-26(30)31)19-29-15-11-27(32,12-16-29)20-35-23-7-3-2-6-22(23)28/h2-3,6-7,9-10,18,32H,4-5,8,11-17,19-20H2,1H3. The minimum atomic E-state index is -0.964. The van der Waals surface area contributed by atoms with E-state index in [9.17, 15) is 14.3 Å². The number of ether oxygens (including phenoxy) is 3. The highest BCUT2D eigenvalue weighted by Crippen LogP contribution is 2.30. The average Bonchev–Trinajstić information content (AvgIpc) is 3.28. The third-order valence-corrected chi connectivity index (χ3v) is 6.76. The third-order valence-electron chi connectivity index (χ3n) is 6.76. The molecular formula is C27H35FN2O5. The zero-order chi connectivity index (χ0) is 24.7. The van der Waals surface area contributed by atoms with E-state index in [-0.39, 0.29) is 18.3 Å². The molecule has 2 aliphatic heterocycles. The summed E-state index contributed by atoms with van der Waals surface area (Å²) >= 11 is 0. The molecule has 2 fully saturated rings. The Morgan fingerprint density at radius 3 is 2.54 bits per heavy atom. The largest absolute Gasteiger partial charge is 0.493 e. The summed E-state index contributed by atoms with van der Waals surface area (Å²) in [6, 6.07) is 12.2. The maximum Gasteiger partial charge on any atom is 0.222 e. The highest BCUT2D eigenvalue weighted by molar-refractivity contribution is 5.77. The number of carbonyl (C=O) groups excluding carboxylic acids is 1. The van der Waals surface area contributed by atoms with Crippen molar-refractivity contribution in [2.75, 3.05) is 46.5 Å². The predicted octanol–water partition coefficient (Wildman–Crippen LogP) is 3.63. The van der Waals surface area contributed by atoms with Gasteiger partial charge >= 0.3 is 0 Å². The molecule has 4 rings (SSSR count). The van der Waals surface area contributed by atoms with Gasteiger partial charge in [0.1, 0.15) is 12.2 Å². The van der Waals surface area contributed by atoms with E-state index in [0.29, 0.717) is 50.5 Å². The van der Waals surface area contributed by atoms with Gasteiger partial charge < -0.3 is 24.2 Å². The Kier molecular flexibility index (Phi) is 8.46. The van der Waals surface area contributed by atoms with Crippen molar-refractivity contribution >= 4 is 5.91 Å². The normalized spacial score (nSPS) is 18.0. The van der Waals surface area contributed by atoms with Crippen molar-refractivity contribution in [1.29, 1.82) is 0 Å². The number of para-hydroxylation sites is 1. The van der Waals surface area contributed by atoms with Crippen molar-refractivity contribution in [3.63, 3.8) is 0 Å². The molecule has 1 N–H and O–H groups in total. The Bertz CT molecular complexity index is 993. The van der Waals surface area contributed by atoms with Crippen LogP contribution in [-0.2, 0) is 11.3 Å². The van der Waals surface area contributed by atoms with E-state index in [1.165, 1.54) is 6.07 Å². The third kappa shape index (κ3) is 6.86. The molecule has 2 heterocycles. The second-order valence-corrected chi connectivity index (χ2v) is 9.39. The van der Waals surface area contributed by atoms with Crippen LogP contribution >= 0.6 is 0 Å². The van der Waals surface area contributed by atoms with Gasteiger partial charge in [-0.25, -0.2) is 4.39 Å². The SMILES string of the molecule is COc1cc(CN2CCC(O)(COc3ccccc3F)CC2)ccc1OCCCN1CCCC1=O. The van der Waals surface area contributed by atoms with E-state index < -0.39 is 11.4 Å². The van der Waals surface area contributed by atoms with Crippen LogP contribution in [0.25, 0.3) is 0 Å². The number of likely N-dealkylation sites (tertiary alicyclic amines) is 2. The fourth-order valence-corrected chi connectivity index (χ4v) is 4.61. The minimum absolute atomic E-state index is 0.0769. The maximum absolute atomic E-state index is 13.8. The molecule has 2 aromatic rings. The monoisotopic (exact) mass is 486 g/mol. The van der Waals surface area contributed by atoms with Crippen LogP contribution in [-0.4, -0.2) is 72.9 Å². The molecule has 2 aromatic carbocycles. The summed E-state index contributed by atoms with van der Waals surface area (Å²) in [6.07, 6.45) is 3.51. The van der Waals surface area contributed by atoms with Gasteiger partial charge in [0.2, 0.25) is 5.91 Å². The van der Waals surface area contributed by atoms with Crippen LogP contribution in [0, 0.1) is 5.82 Å². The van der Waals surface area contributed by atoms with Crippen LogP contribution in [0.4, 0.5) is 4.39 Å². The molecule has 190 valence electrons. The topological polar surface area (TPSA) is 71.5 Å². The molecule has 0 aliphatic carbocycles. The van der Waals surface area contributed by atoms with Crippen molar-refractivity contribution in [2.45, 2.75) is 44.2 Å². The number of benzene rings is 2. The Morgan fingerprint density at radius 1 is 1.03 bits per heavy atom. The molecule has 1 amide bonds.